The molecule has 19 heavy (non-hydrogen) atoms. The van der Waals surface area contributed by atoms with Gasteiger partial charge >= 0.3 is 0 Å². The molecular formula is C15H13NO2Pd. The van der Waals surface area contributed by atoms with E-state index in [0.717, 1.165) is 28.8 Å². The summed E-state index contributed by atoms with van der Waals surface area (Å²) < 4.78 is 11.0. The molecule has 3 aromatic rings. The third kappa shape index (κ3) is 2.28. The Morgan fingerprint density at radius 2 is 1.89 bits per heavy atom. The Hall–Kier alpha value is -1.34. The number of epoxide rings is 1. The van der Waals surface area contributed by atoms with Crippen molar-refractivity contribution in [2.24, 2.45) is 0 Å². The van der Waals surface area contributed by atoms with Gasteiger partial charge in [-0.15, -0.1) is 0 Å². The predicted molar refractivity (Wildman–Crippen MR) is 71.0 cm³/mol. The molecular weight excluding hydrogens is 333 g/mol. The number of hydrogen-bond acceptors (Lipinski definition) is 2. The minimum absolute atomic E-state index is 0. The summed E-state index contributed by atoms with van der Waals surface area (Å²) in [5, 5.41) is 2.37. The van der Waals surface area contributed by atoms with Crippen molar-refractivity contribution in [3.63, 3.8) is 0 Å². The summed E-state index contributed by atoms with van der Waals surface area (Å²) >= 11 is 0. The summed E-state index contributed by atoms with van der Waals surface area (Å²) in [6.07, 6.45) is 0.283. The van der Waals surface area contributed by atoms with E-state index in [4.69, 9.17) is 9.47 Å². The maximum atomic E-state index is 5.86. The van der Waals surface area contributed by atoms with E-state index in [1.807, 2.05) is 18.2 Å². The Labute approximate surface area is 124 Å². The van der Waals surface area contributed by atoms with Crippen molar-refractivity contribution in [2.45, 2.75) is 6.10 Å². The van der Waals surface area contributed by atoms with Gasteiger partial charge in [-0.1, -0.05) is 24.3 Å². The Kier molecular flexibility index (Phi) is 3.32. The Bertz CT molecular complexity index is 718. The molecule has 0 bridgehead atoms. The Morgan fingerprint density at radius 1 is 1.11 bits per heavy atom. The number of aromatic nitrogens is 1. The van der Waals surface area contributed by atoms with Gasteiger partial charge < -0.3 is 14.5 Å². The van der Waals surface area contributed by atoms with Crippen LogP contribution >= 0.6 is 0 Å². The second-order valence-corrected chi connectivity index (χ2v) is 4.62. The number of H-pyrrole nitrogens is 1. The van der Waals surface area contributed by atoms with Crippen LogP contribution in [0.25, 0.3) is 21.8 Å². The second kappa shape index (κ2) is 4.98. The molecule has 0 saturated carbocycles. The maximum Gasteiger partial charge on any atom is 0.129 e. The summed E-state index contributed by atoms with van der Waals surface area (Å²) in [5.41, 5.74) is 2.26. The van der Waals surface area contributed by atoms with Gasteiger partial charge in [0.25, 0.3) is 0 Å². The molecule has 1 N–H and O–H groups in total. The molecule has 3 nitrogen and oxygen atoms in total. The molecule has 0 spiro atoms. The minimum Gasteiger partial charge on any atom is -0.490 e. The monoisotopic (exact) mass is 345 g/mol. The number of nitrogens with one attached hydrogen (secondary N) is 1. The van der Waals surface area contributed by atoms with Gasteiger partial charge in [0.15, 0.2) is 0 Å². The van der Waals surface area contributed by atoms with Gasteiger partial charge in [-0.05, 0) is 18.2 Å². The Morgan fingerprint density at radius 3 is 2.74 bits per heavy atom. The number of ether oxygens (including phenoxy) is 2. The molecule has 0 radical (unpaired) electrons. The first-order valence-electron chi connectivity index (χ1n) is 6.16. The van der Waals surface area contributed by atoms with Crippen molar-refractivity contribution in [1.82, 2.24) is 4.98 Å². The third-order valence-electron chi connectivity index (χ3n) is 3.32. The van der Waals surface area contributed by atoms with Crippen molar-refractivity contribution < 1.29 is 29.9 Å². The molecule has 2 heterocycles. The van der Waals surface area contributed by atoms with Crippen LogP contribution in [0, 0.1) is 0 Å². The molecule has 0 amide bonds. The van der Waals surface area contributed by atoms with Crippen molar-refractivity contribution in [3.8, 4) is 5.75 Å². The van der Waals surface area contributed by atoms with Crippen molar-refractivity contribution in [2.75, 3.05) is 13.2 Å². The van der Waals surface area contributed by atoms with E-state index in [1.54, 1.807) is 0 Å². The van der Waals surface area contributed by atoms with Gasteiger partial charge in [-0.25, -0.2) is 0 Å². The smallest absolute Gasteiger partial charge is 0.129 e. The molecule has 4 heteroatoms. The number of hydrogen-bond donors (Lipinski definition) is 1. The molecule has 1 aliphatic heterocycles. The van der Waals surface area contributed by atoms with Crippen LogP contribution in [0.15, 0.2) is 42.5 Å². The number of rotatable bonds is 3. The van der Waals surface area contributed by atoms with Crippen molar-refractivity contribution in [3.05, 3.63) is 42.5 Å². The van der Waals surface area contributed by atoms with Crippen LogP contribution in [0.5, 0.6) is 5.75 Å². The number of benzene rings is 2. The number of para-hydroxylation sites is 1. The van der Waals surface area contributed by atoms with Crippen LogP contribution < -0.4 is 4.74 Å². The van der Waals surface area contributed by atoms with E-state index in [9.17, 15) is 0 Å². The van der Waals surface area contributed by atoms with E-state index < -0.39 is 0 Å². The average Bonchev–Trinajstić information content (AvgIpc) is 3.15. The van der Waals surface area contributed by atoms with Crippen LogP contribution in [0.2, 0.25) is 0 Å². The van der Waals surface area contributed by atoms with Crippen LogP contribution in [-0.4, -0.2) is 24.3 Å². The zero-order valence-corrected chi connectivity index (χ0v) is 11.7. The average molecular weight is 346 g/mol. The van der Waals surface area contributed by atoms with Gasteiger partial charge in [-0.3, -0.25) is 0 Å². The van der Waals surface area contributed by atoms with E-state index in [0.29, 0.717) is 6.61 Å². The van der Waals surface area contributed by atoms with Crippen LogP contribution in [0.4, 0.5) is 0 Å². The molecule has 1 atom stereocenters. The van der Waals surface area contributed by atoms with Crippen LogP contribution in [0.3, 0.4) is 0 Å². The standard InChI is InChI=1S/C15H13NO2.Pd/c1-2-5-12-11(4-1)15-13(16-12)6-3-7-14(15)18-9-10-8-17-10;/h1-7,10,16H,8-9H2;. The summed E-state index contributed by atoms with van der Waals surface area (Å²) in [6, 6.07) is 14.4. The van der Waals surface area contributed by atoms with E-state index in [2.05, 4.69) is 29.2 Å². The summed E-state index contributed by atoms with van der Waals surface area (Å²) in [6.45, 7) is 1.46. The zero-order chi connectivity index (χ0) is 11.9. The maximum absolute atomic E-state index is 5.86. The molecule has 2 aromatic carbocycles. The fourth-order valence-corrected chi connectivity index (χ4v) is 2.34. The molecule has 0 aliphatic carbocycles. The summed E-state index contributed by atoms with van der Waals surface area (Å²) in [5.74, 6) is 0.931. The molecule has 4 rings (SSSR count). The predicted octanol–water partition coefficient (Wildman–Crippen LogP) is 3.10. The largest absolute Gasteiger partial charge is 0.490 e. The van der Waals surface area contributed by atoms with Gasteiger partial charge in [0.1, 0.15) is 18.5 Å². The quantitative estimate of drug-likeness (QED) is 0.585. The fraction of sp³-hybridized carbons (Fsp3) is 0.200. The molecule has 1 fully saturated rings. The van der Waals surface area contributed by atoms with Gasteiger partial charge in [0, 0.05) is 36.7 Å². The first-order chi connectivity index (χ1) is 8.92. The molecule has 1 saturated heterocycles. The summed E-state index contributed by atoms with van der Waals surface area (Å²) in [4.78, 5) is 3.41. The van der Waals surface area contributed by atoms with Gasteiger partial charge in [0.2, 0.25) is 0 Å². The first-order valence-corrected chi connectivity index (χ1v) is 6.16. The van der Waals surface area contributed by atoms with E-state index >= 15 is 0 Å². The third-order valence-corrected chi connectivity index (χ3v) is 3.32. The zero-order valence-electron chi connectivity index (χ0n) is 10.2. The van der Waals surface area contributed by atoms with E-state index in [1.165, 1.54) is 5.39 Å². The number of fused-ring (bicyclic) bond motifs is 3. The topological polar surface area (TPSA) is 37.5 Å². The first kappa shape index (κ1) is 12.7. The van der Waals surface area contributed by atoms with E-state index in [-0.39, 0.29) is 26.5 Å². The molecule has 1 unspecified atom stereocenters. The summed E-state index contributed by atoms with van der Waals surface area (Å²) in [7, 11) is 0. The SMILES string of the molecule is [Pd].c1ccc2c(c1)[nH]c1cccc(OCC3CO3)c12. The molecule has 1 aliphatic rings. The second-order valence-electron chi connectivity index (χ2n) is 4.62. The van der Waals surface area contributed by atoms with Crippen molar-refractivity contribution >= 4 is 21.8 Å². The van der Waals surface area contributed by atoms with Crippen molar-refractivity contribution in [1.29, 1.82) is 0 Å². The van der Waals surface area contributed by atoms with Crippen LogP contribution in [0.1, 0.15) is 0 Å². The molecule has 100 valence electrons. The number of aromatic amines is 1. The van der Waals surface area contributed by atoms with Gasteiger partial charge in [-0.2, -0.15) is 0 Å². The molecule has 1 aromatic heterocycles. The minimum atomic E-state index is 0. The normalized spacial score (nSPS) is 17.4. The van der Waals surface area contributed by atoms with Gasteiger partial charge in [0.05, 0.1) is 12.1 Å². The van der Waals surface area contributed by atoms with Crippen LogP contribution in [-0.2, 0) is 25.2 Å². The Balaban J connectivity index is 0.00000110. The fourth-order valence-electron chi connectivity index (χ4n) is 2.34.